The van der Waals surface area contributed by atoms with Gasteiger partial charge in [0.15, 0.2) is 11.6 Å². The van der Waals surface area contributed by atoms with Crippen LogP contribution in [0.15, 0.2) is 84.9 Å². The van der Waals surface area contributed by atoms with E-state index in [9.17, 15) is 19.5 Å². The molecular formula is C28H26O4. The molecule has 0 aliphatic heterocycles. The molecule has 0 saturated heterocycles. The Morgan fingerprint density at radius 2 is 1.31 bits per heavy atom. The molecule has 0 heterocycles. The average Bonchev–Trinajstić information content (AvgIpc) is 2.79. The van der Waals surface area contributed by atoms with Crippen LogP contribution < -0.4 is 0 Å². The fraction of sp³-hybridized carbons (Fsp3) is 0.250. The number of benzene rings is 3. The normalized spacial score (nSPS) is 25.3. The molecule has 1 aliphatic rings. The number of ketones is 3. The molecule has 3 aromatic carbocycles. The molecule has 0 amide bonds. The van der Waals surface area contributed by atoms with Crippen molar-refractivity contribution in [2.45, 2.75) is 31.8 Å². The van der Waals surface area contributed by atoms with Crippen LogP contribution in [0.3, 0.4) is 0 Å². The Morgan fingerprint density at radius 3 is 1.84 bits per heavy atom. The van der Waals surface area contributed by atoms with Gasteiger partial charge < -0.3 is 5.11 Å². The second kappa shape index (κ2) is 8.64. The van der Waals surface area contributed by atoms with Crippen LogP contribution in [0, 0.1) is 18.8 Å². The zero-order chi connectivity index (χ0) is 22.9. The van der Waals surface area contributed by atoms with E-state index in [1.807, 2.05) is 43.3 Å². The van der Waals surface area contributed by atoms with Crippen molar-refractivity contribution in [3.8, 4) is 0 Å². The summed E-state index contributed by atoms with van der Waals surface area (Å²) < 4.78 is 0. The molecule has 1 N–H and O–H groups in total. The van der Waals surface area contributed by atoms with Gasteiger partial charge in [0.25, 0.3) is 0 Å². The maximum atomic E-state index is 13.7. The van der Waals surface area contributed by atoms with Gasteiger partial charge in [-0.3, -0.25) is 14.4 Å². The number of hydrogen-bond acceptors (Lipinski definition) is 4. The lowest BCUT2D eigenvalue weighted by Gasteiger charge is -2.45. The molecule has 4 nitrogen and oxygen atoms in total. The second-order valence-electron chi connectivity index (χ2n) is 8.85. The summed E-state index contributed by atoms with van der Waals surface area (Å²) in [5.74, 6) is -3.68. The molecule has 0 bridgehead atoms. The van der Waals surface area contributed by atoms with Gasteiger partial charge in [-0.1, -0.05) is 90.5 Å². The van der Waals surface area contributed by atoms with Crippen molar-refractivity contribution in [1.29, 1.82) is 0 Å². The minimum absolute atomic E-state index is 0.248. The summed E-state index contributed by atoms with van der Waals surface area (Å²) >= 11 is 0. The van der Waals surface area contributed by atoms with Gasteiger partial charge in [0.1, 0.15) is 5.78 Å². The first kappa shape index (κ1) is 21.8. The van der Waals surface area contributed by atoms with Crippen LogP contribution in [0.1, 0.15) is 51.1 Å². The molecule has 0 aromatic heterocycles. The molecule has 1 fully saturated rings. The van der Waals surface area contributed by atoms with Crippen molar-refractivity contribution in [3.63, 3.8) is 0 Å². The molecule has 4 rings (SSSR count). The van der Waals surface area contributed by atoms with E-state index in [0.717, 1.165) is 5.56 Å². The number of aliphatic hydroxyl groups is 1. The lowest BCUT2D eigenvalue weighted by Crippen LogP contribution is -2.54. The van der Waals surface area contributed by atoms with Crippen molar-refractivity contribution in [2.75, 3.05) is 0 Å². The third kappa shape index (κ3) is 4.06. The van der Waals surface area contributed by atoms with E-state index in [1.54, 1.807) is 48.5 Å². The summed E-state index contributed by atoms with van der Waals surface area (Å²) in [7, 11) is 0. The van der Waals surface area contributed by atoms with Gasteiger partial charge in [-0.2, -0.15) is 0 Å². The Hall–Kier alpha value is -3.37. The van der Waals surface area contributed by atoms with Gasteiger partial charge in [-0.15, -0.1) is 0 Å². The summed E-state index contributed by atoms with van der Waals surface area (Å²) in [4.78, 5) is 40.5. The van der Waals surface area contributed by atoms with Crippen molar-refractivity contribution in [1.82, 2.24) is 0 Å². The minimum atomic E-state index is -1.58. The first-order chi connectivity index (χ1) is 15.3. The zero-order valence-electron chi connectivity index (χ0n) is 18.2. The predicted molar refractivity (Wildman–Crippen MR) is 123 cm³/mol. The van der Waals surface area contributed by atoms with Gasteiger partial charge in [0.05, 0.1) is 17.4 Å². The molecule has 1 saturated carbocycles. The third-order valence-electron chi connectivity index (χ3n) is 6.41. The zero-order valence-corrected chi connectivity index (χ0v) is 18.2. The number of Topliss-reactive ketones (excluding diaryl/α,β-unsaturated/α-hetero) is 3. The Morgan fingerprint density at radius 1 is 0.812 bits per heavy atom. The highest BCUT2D eigenvalue weighted by Gasteiger charge is 2.55. The van der Waals surface area contributed by atoms with Crippen LogP contribution in [0.4, 0.5) is 0 Å². The van der Waals surface area contributed by atoms with E-state index in [-0.39, 0.29) is 23.8 Å². The van der Waals surface area contributed by atoms with Crippen LogP contribution in [0.2, 0.25) is 0 Å². The van der Waals surface area contributed by atoms with Crippen LogP contribution in [0.25, 0.3) is 0 Å². The van der Waals surface area contributed by atoms with Gasteiger partial charge in [0, 0.05) is 23.5 Å². The van der Waals surface area contributed by atoms with Crippen molar-refractivity contribution in [3.05, 3.63) is 107 Å². The van der Waals surface area contributed by atoms with Crippen molar-refractivity contribution in [2.24, 2.45) is 11.8 Å². The van der Waals surface area contributed by atoms with Crippen LogP contribution in [0.5, 0.6) is 0 Å². The molecule has 32 heavy (non-hydrogen) atoms. The highest BCUT2D eigenvalue weighted by atomic mass is 16.3. The third-order valence-corrected chi connectivity index (χ3v) is 6.41. The smallest absolute Gasteiger partial charge is 0.173 e. The maximum absolute atomic E-state index is 13.7. The molecule has 0 unspecified atom stereocenters. The topological polar surface area (TPSA) is 71.4 Å². The molecule has 0 spiro atoms. The van der Waals surface area contributed by atoms with Gasteiger partial charge >= 0.3 is 0 Å². The SMILES string of the molecule is Cc1ccc([C@@H]2[C@@H](C(=O)c3ccccc3)C(=O)C[C@@](C)(O)[C@@H]2C(=O)c2ccccc2)cc1. The number of carbonyl (C=O) groups is 3. The van der Waals surface area contributed by atoms with Gasteiger partial charge in [-0.05, 0) is 19.4 Å². The number of rotatable bonds is 5. The first-order valence-electron chi connectivity index (χ1n) is 10.8. The summed E-state index contributed by atoms with van der Waals surface area (Å²) in [5.41, 5.74) is 1.03. The summed E-state index contributed by atoms with van der Waals surface area (Å²) in [6.45, 7) is 3.48. The Bertz CT molecular complexity index is 1130. The number of aryl methyl sites for hydroxylation is 1. The van der Waals surface area contributed by atoms with Crippen LogP contribution in [-0.4, -0.2) is 28.1 Å². The molecule has 0 radical (unpaired) electrons. The van der Waals surface area contributed by atoms with Crippen molar-refractivity contribution >= 4 is 17.3 Å². The molecule has 4 heteroatoms. The van der Waals surface area contributed by atoms with E-state index >= 15 is 0 Å². The minimum Gasteiger partial charge on any atom is -0.389 e. The summed E-state index contributed by atoms with van der Waals surface area (Å²) in [6.07, 6.45) is -0.248. The van der Waals surface area contributed by atoms with Crippen molar-refractivity contribution < 1.29 is 19.5 Å². The summed E-state index contributed by atoms with van der Waals surface area (Å²) in [6, 6.07) is 24.9. The van der Waals surface area contributed by atoms with E-state index in [2.05, 4.69) is 0 Å². The largest absolute Gasteiger partial charge is 0.389 e. The van der Waals surface area contributed by atoms with E-state index in [4.69, 9.17) is 0 Å². The fourth-order valence-corrected chi connectivity index (χ4v) is 4.84. The average molecular weight is 427 g/mol. The van der Waals surface area contributed by atoms with E-state index in [0.29, 0.717) is 16.7 Å². The van der Waals surface area contributed by atoms with Crippen LogP contribution in [-0.2, 0) is 4.79 Å². The summed E-state index contributed by atoms with van der Waals surface area (Å²) in [5, 5.41) is 11.3. The highest BCUT2D eigenvalue weighted by Crippen LogP contribution is 2.48. The fourth-order valence-electron chi connectivity index (χ4n) is 4.84. The predicted octanol–water partition coefficient (Wildman–Crippen LogP) is 4.80. The standard InChI is InChI=1S/C28H26O4/c1-18-13-15-19(16-14-18)23-24(26(30)20-9-5-3-6-10-20)22(29)17-28(2,32)25(23)27(31)21-11-7-4-8-12-21/h3-16,23-25,32H,17H2,1-2H3/t23-,24+,25+,28-/m1/s1. The molecular weight excluding hydrogens is 400 g/mol. The Labute approximate surface area is 187 Å². The van der Waals surface area contributed by atoms with E-state index < -0.39 is 23.4 Å². The van der Waals surface area contributed by atoms with Crippen LogP contribution >= 0.6 is 0 Å². The lowest BCUT2D eigenvalue weighted by molar-refractivity contribution is -0.134. The van der Waals surface area contributed by atoms with Gasteiger partial charge in [-0.25, -0.2) is 0 Å². The number of carbonyl (C=O) groups excluding carboxylic acids is 3. The first-order valence-corrected chi connectivity index (χ1v) is 10.8. The van der Waals surface area contributed by atoms with E-state index in [1.165, 1.54) is 6.92 Å². The monoisotopic (exact) mass is 426 g/mol. The second-order valence-corrected chi connectivity index (χ2v) is 8.85. The maximum Gasteiger partial charge on any atom is 0.173 e. The molecule has 4 atom stereocenters. The lowest BCUT2D eigenvalue weighted by atomic mass is 9.58. The molecule has 3 aromatic rings. The van der Waals surface area contributed by atoms with Gasteiger partial charge in [0.2, 0.25) is 0 Å². The molecule has 162 valence electrons. The highest BCUT2D eigenvalue weighted by molar-refractivity contribution is 6.13. The Kier molecular flexibility index (Phi) is 5.90. The quantitative estimate of drug-likeness (QED) is 0.470. The number of hydrogen-bond donors (Lipinski definition) is 1. The Balaban J connectivity index is 1.89. The molecule has 1 aliphatic carbocycles.